The molecule has 0 saturated heterocycles. The van der Waals surface area contributed by atoms with E-state index in [1.54, 1.807) is 0 Å². The van der Waals surface area contributed by atoms with Crippen LogP contribution in [0.15, 0.2) is 0 Å². The monoisotopic (exact) mass is 235 g/mol. The molecule has 0 amide bonds. The van der Waals surface area contributed by atoms with Crippen molar-refractivity contribution >= 4 is 10.0 Å². The van der Waals surface area contributed by atoms with Gasteiger partial charge in [-0.25, -0.2) is 8.42 Å². The third kappa shape index (κ3) is 5.40. The van der Waals surface area contributed by atoms with Crippen LogP contribution in [0.5, 0.6) is 0 Å². The fourth-order valence-electron chi connectivity index (χ4n) is 0.697. The Labute approximate surface area is 80.6 Å². The van der Waals surface area contributed by atoms with Gasteiger partial charge in [-0.1, -0.05) is 4.47 Å². The smallest absolute Gasteiger partial charge is 0.288 e. The molecule has 0 aliphatic carbocycles. The van der Waals surface area contributed by atoms with Crippen molar-refractivity contribution in [3.05, 3.63) is 0 Å². The standard InChI is InChI=1S/C6H12F3NO3S/c1-10(13-2)14(11,12)5-3-4-6(7,8)9/h3-5H2,1-2H3. The summed E-state index contributed by atoms with van der Waals surface area (Å²) in [6.07, 6.45) is -5.88. The van der Waals surface area contributed by atoms with E-state index < -0.39 is 34.8 Å². The average Bonchev–Trinajstić information content (AvgIpc) is 2.00. The molecule has 0 rings (SSSR count). The number of hydrogen-bond acceptors (Lipinski definition) is 3. The van der Waals surface area contributed by atoms with Crippen molar-refractivity contribution in [1.82, 2.24) is 4.47 Å². The first kappa shape index (κ1) is 13.7. The third-order valence-electron chi connectivity index (χ3n) is 1.51. The Bertz CT molecular complexity index is 262. The summed E-state index contributed by atoms with van der Waals surface area (Å²) in [6.45, 7) is 0. The van der Waals surface area contributed by atoms with Crippen LogP contribution in [0.25, 0.3) is 0 Å². The van der Waals surface area contributed by atoms with Crippen LogP contribution in [-0.4, -0.2) is 39.0 Å². The fourth-order valence-corrected chi connectivity index (χ4v) is 1.69. The second-order valence-corrected chi connectivity index (χ2v) is 4.71. The minimum absolute atomic E-state index is 0.459. The number of rotatable bonds is 5. The van der Waals surface area contributed by atoms with Gasteiger partial charge in [0.05, 0.1) is 12.9 Å². The molecule has 0 aromatic rings. The van der Waals surface area contributed by atoms with Crippen LogP contribution < -0.4 is 0 Å². The summed E-state index contributed by atoms with van der Waals surface area (Å²) in [5, 5.41) is 0. The van der Waals surface area contributed by atoms with E-state index in [1.165, 1.54) is 0 Å². The summed E-state index contributed by atoms with van der Waals surface area (Å²) in [5.41, 5.74) is 0. The quantitative estimate of drug-likeness (QED) is 0.671. The van der Waals surface area contributed by atoms with Crippen molar-refractivity contribution in [2.75, 3.05) is 19.9 Å². The predicted molar refractivity (Wildman–Crippen MR) is 43.8 cm³/mol. The first-order valence-corrected chi connectivity index (χ1v) is 5.37. The van der Waals surface area contributed by atoms with Crippen LogP contribution in [-0.2, 0) is 14.9 Å². The van der Waals surface area contributed by atoms with Gasteiger partial charge in [0, 0.05) is 13.5 Å². The van der Waals surface area contributed by atoms with Gasteiger partial charge in [0.2, 0.25) is 10.0 Å². The summed E-state index contributed by atoms with van der Waals surface area (Å²) in [6, 6.07) is 0. The maximum atomic E-state index is 11.7. The van der Waals surface area contributed by atoms with Gasteiger partial charge in [0.25, 0.3) is 0 Å². The number of hydroxylamine groups is 1. The van der Waals surface area contributed by atoms with Crippen LogP contribution in [0.2, 0.25) is 0 Å². The Morgan fingerprint density at radius 2 is 1.86 bits per heavy atom. The highest BCUT2D eigenvalue weighted by Gasteiger charge is 2.28. The molecule has 86 valence electrons. The summed E-state index contributed by atoms with van der Waals surface area (Å²) >= 11 is 0. The number of halogens is 3. The van der Waals surface area contributed by atoms with Gasteiger partial charge in [0.15, 0.2) is 0 Å². The summed E-state index contributed by atoms with van der Waals surface area (Å²) in [5.74, 6) is -0.573. The van der Waals surface area contributed by atoms with Crippen LogP contribution >= 0.6 is 0 Å². The summed E-state index contributed by atoms with van der Waals surface area (Å²) in [4.78, 5) is 4.36. The van der Waals surface area contributed by atoms with Gasteiger partial charge in [-0.3, -0.25) is 4.84 Å². The molecule has 0 saturated carbocycles. The Kier molecular flexibility index (Phi) is 4.82. The van der Waals surface area contributed by atoms with Crippen molar-refractivity contribution in [2.24, 2.45) is 0 Å². The molecule has 0 unspecified atom stereocenters. The van der Waals surface area contributed by atoms with Gasteiger partial charge in [-0.2, -0.15) is 13.2 Å². The van der Waals surface area contributed by atoms with Crippen LogP contribution in [0.4, 0.5) is 13.2 Å². The first-order valence-electron chi connectivity index (χ1n) is 3.76. The number of hydrogen-bond donors (Lipinski definition) is 0. The van der Waals surface area contributed by atoms with Crippen LogP contribution in [0.3, 0.4) is 0 Å². The van der Waals surface area contributed by atoms with Crippen molar-refractivity contribution in [1.29, 1.82) is 0 Å². The van der Waals surface area contributed by atoms with E-state index in [9.17, 15) is 21.6 Å². The minimum Gasteiger partial charge on any atom is -0.288 e. The van der Waals surface area contributed by atoms with E-state index >= 15 is 0 Å². The van der Waals surface area contributed by atoms with Gasteiger partial charge in [-0.15, -0.1) is 0 Å². The molecule has 4 nitrogen and oxygen atoms in total. The number of sulfonamides is 1. The van der Waals surface area contributed by atoms with E-state index in [1.807, 2.05) is 0 Å². The molecule has 0 N–H and O–H groups in total. The van der Waals surface area contributed by atoms with Gasteiger partial charge < -0.3 is 0 Å². The van der Waals surface area contributed by atoms with Crippen molar-refractivity contribution in [2.45, 2.75) is 19.0 Å². The van der Waals surface area contributed by atoms with E-state index in [4.69, 9.17) is 0 Å². The molecule has 0 bridgehead atoms. The van der Waals surface area contributed by atoms with E-state index in [0.29, 0.717) is 4.47 Å². The normalized spacial score (nSPS) is 13.6. The lowest BCUT2D eigenvalue weighted by atomic mass is 10.3. The lowest BCUT2D eigenvalue weighted by Crippen LogP contribution is -2.28. The zero-order valence-electron chi connectivity index (χ0n) is 7.84. The highest BCUT2D eigenvalue weighted by Crippen LogP contribution is 2.21. The zero-order valence-corrected chi connectivity index (χ0v) is 8.65. The molecule has 0 atom stereocenters. The minimum atomic E-state index is -4.32. The van der Waals surface area contributed by atoms with Gasteiger partial charge in [0.1, 0.15) is 0 Å². The molecule has 0 aromatic heterocycles. The molecular formula is C6H12F3NO3S. The van der Waals surface area contributed by atoms with Crippen LogP contribution in [0.1, 0.15) is 12.8 Å². The molecule has 0 radical (unpaired) electrons. The number of alkyl halides is 3. The maximum absolute atomic E-state index is 11.7. The highest BCUT2D eigenvalue weighted by atomic mass is 32.2. The Hall–Kier alpha value is -0.340. The second kappa shape index (κ2) is 4.94. The molecule has 0 aliphatic rings. The Balaban J connectivity index is 4.02. The van der Waals surface area contributed by atoms with Crippen molar-refractivity contribution in [3.63, 3.8) is 0 Å². The first-order chi connectivity index (χ1) is 6.19. The zero-order chi connectivity index (χ0) is 11.4. The van der Waals surface area contributed by atoms with Gasteiger partial charge in [-0.05, 0) is 6.42 Å². The van der Waals surface area contributed by atoms with Crippen molar-refractivity contribution < 1.29 is 26.4 Å². The highest BCUT2D eigenvalue weighted by molar-refractivity contribution is 7.88. The molecule has 0 spiro atoms. The SMILES string of the molecule is CON(C)S(=O)(=O)CCCC(F)(F)F. The molecule has 14 heavy (non-hydrogen) atoms. The van der Waals surface area contributed by atoms with Crippen molar-refractivity contribution in [3.8, 4) is 0 Å². The lowest BCUT2D eigenvalue weighted by Gasteiger charge is -2.14. The molecular weight excluding hydrogens is 223 g/mol. The predicted octanol–water partition coefficient (Wildman–Crippen LogP) is 1.15. The van der Waals surface area contributed by atoms with E-state index in [2.05, 4.69) is 4.84 Å². The Morgan fingerprint density at radius 1 is 1.36 bits per heavy atom. The number of nitrogens with zero attached hydrogens (tertiary/aromatic N) is 1. The molecule has 0 aromatic carbocycles. The second-order valence-electron chi connectivity index (χ2n) is 2.63. The Morgan fingerprint density at radius 3 is 2.21 bits per heavy atom. The topological polar surface area (TPSA) is 46.6 Å². The van der Waals surface area contributed by atoms with E-state index in [0.717, 1.165) is 14.2 Å². The average molecular weight is 235 g/mol. The van der Waals surface area contributed by atoms with Crippen LogP contribution in [0, 0.1) is 0 Å². The molecule has 8 heteroatoms. The largest absolute Gasteiger partial charge is 0.389 e. The molecule has 0 aliphatic heterocycles. The van der Waals surface area contributed by atoms with E-state index in [-0.39, 0.29) is 0 Å². The molecule has 0 heterocycles. The van der Waals surface area contributed by atoms with Gasteiger partial charge >= 0.3 is 6.18 Å². The summed E-state index contributed by atoms with van der Waals surface area (Å²) in [7, 11) is -1.47. The lowest BCUT2D eigenvalue weighted by molar-refractivity contribution is -0.134. The summed E-state index contributed by atoms with van der Waals surface area (Å²) < 4.78 is 57.7. The third-order valence-corrected chi connectivity index (χ3v) is 3.25. The molecule has 0 fully saturated rings. The maximum Gasteiger partial charge on any atom is 0.389 e. The fraction of sp³-hybridized carbons (Fsp3) is 1.00.